The van der Waals surface area contributed by atoms with Crippen LogP contribution in [0.15, 0.2) is 42.5 Å². The number of nitrogens with one attached hydrogen (secondary N) is 1. The van der Waals surface area contributed by atoms with Gasteiger partial charge in [-0.3, -0.25) is 9.59 Å². The minimum absolute atomic E-state index is 0.0211. The van der Waals surface area contributed by atoms with E-state index in [1.54, 1.807) is 24.3 Å². The predicted molar refractivity (Wildman–Crippen MR) is 103 cm³/mol. The second-order valence-corrected chi connectivity index (χ2v) is 6.17. The molecule has 0 bridgehead atoms. The Balaban J connectivity index is 1.75. The van der Waals surface area contributed by atoms with Gasteiger partial charge in [-0.25, -0.2) is 4.39 Å². The number of aromatic nitrogens is 6. The van der Waals surface area contributed by atoms with Crippen LogP contribution in [0.25, 0.3) is 17.0 Å². The van der Waals surface area contributed by atoms with E-state index in [-0.39, 0.29) is 41.2 Å². The Kier molecular flexibility index (Phi) is 4.72. The van der Waals surface area contributed by atoms with E-state index in [1.807, 2.05) is 0 Å². The van der Waals surface area contributed by atoms with Gasteiger partial charge >= 0.3 is 0 Å². The van der Waals surface area contributed by atoms with Gasteiger partial charge in [-0.2, -0.15) is 19.6 Å². The van der Waals surface area contributed by atoms with E-state index in [9.17, 15) is 14.0 Å². The molecule has 2 aromatic heterocycles. The molecule has 4 aromatic rings. The van der Waals surface area contributed by atoms with Gasteiger partial charge in [0, 0.05) is 6.54 Å². The molecule has 4 rings (SSSR count). The maximum absolute atomic E-state index is 13.4. The summed E-state index contributed by atoms with van der Waals surface area (Å²) in [5.41, 5.74) is 12.1. The van der Waals surface area contributed by atoms with Crippen molar-refractivity contribution in [3.05, 3.63) is 65.2 Å². The topological polar surface area (TPSA) is 168 Å². The van der Waals surface area contributed by atoms with Crippen LogP contribution in [0, 0.1) is 5.82 Å². The molecule has 0 atom stereocenters. The number of nitrogens with zero attached hydrogens (tertiary/aromatic N) is 6. The van der Waals surface area contributed by atoms with Gasteiger partial charge in [0.15, 0.2) is 0 Å². The van der Waals surface area contributed by atoms with Crippen molar-refractivity contribution in [1.82, 2.24) is 29.9 Å². The van der Waals surface area contributed by atoms with E-state index >= 15 is 0 Å². The summed E-state index contributed by atoms with van der Waals surface area (Å²) in [6.45, 7) is 0.184. The molecule has 12 heteroatoms. The minimum atomic E-state index is -0.880. The van der Waals surface area contributed by atoms with E-state index in [2.05, 4.69) is 30.6 Å². The Labute approximate surface area is 167 Å². The zero-order chi connectivity index (χ0) is 21.3. The summed E-state index contributed by atoms with van der Waals surface area (Å²) in [5, 5.41) is 10.8. The Morgan fingerprint density at radius 1 is 1.03 bits per heavy atom. The Morgan fingerprint density at radius 2 is 1.83 bits per heavy atom. The van der Waals surface area contributed by atoms with Crippen molar-refractivity contribution in [2.75, 3.05) is 5.32 Å². The zero-order valence-corrected chi connectivity index (χ0v) is 15.3. The second kappa shape index (κ2) is 7.50. The highest BCUT2D eigenvalue weighted by Gasteiger charge is 2.18. The molecule has 0 saturated heterocycles. The van der Waals surface area contributed by atoms with Gasteiger partial charge in [-0.15, -0.1) is 5.10 Å². The number of fused-ring (bicyclic) bond motifs is 1. The third-order valence-corrected chi connectivity index (χ3v) is 4.12. The molecule has 2 amide bonds. The van der Waals surface area contributed by atoms with Crippen LogP contribution in [0.5, 0.6) is 0 Å². The van der Waals surface area contributed by atoms with Crippen molar-refractivity contribution < 1.29 is 14.0 Å². The maximum atomic E-state index is 13.4. The highest BCUT2D eigenvalue weighted by Crippen LogP contribution is 2.18. The fourth-order valence-corrected chi connectivity index (χ4v) is 2.77. The monoisotopic (exact) mass is 407 g/mol. The first-order valence-corrected chi connectivity index (χ1v) is 8.61. The van der Waals surface area contributed by atoms with Gasteiger partial charge in [-0.1, -0.05) is 23.4 Å². The summed E-state index contributed by atoms with van der Waals surface area (Å²) in [5.74, 6) is -2.27. The number of benzene rings is 2. The first-order valence-electron chi connectivity index (χ1n) is 8.61. The van der Waals surface area contributed by atoms with Crippen LogP contribution in [0.1, 0.15) is 26.5 Å². The smallest absolute Gasteiger partial charge is 0.286 e. The van der Waals surface area contributed by atoms with E-state index in [1.165, 1.54) is 22.9 Å². The molecule has 2 aromatic carbocycles. The number of halogens is 1. The Morgan fingerprint density at radius 3 is 2.57 bits per heavy atom. The molecule has 2 heterocycles. The van der Waals surface area contributed by atoms with Crippen molar-refractivity contribution in [3.8, 4) is 5.95 Å². The van der Waals surface area contributed by atoms with Gasteiger partial charge in [0.25, 0.3) is 17.8 Å². The fraction of sp³-hybridized carbons (Fsp3) is 0.0556. The van der Waals surface area contributed by atoms with E-state index in [0.29, 0.717) is 11.1 Å². The number of hydrogen-bond donors (Lipinski definition) is 3. The second-order valence-electron chi connectivity index (χ2n) is 6.17. The number of rotatable bonds is 6. The molecule has 0 aliphatic heterocycles. The summed E-state index contributed by atoms with van der Waals surface area (Å²) >= 11 is 0. The number of nitrogens with two attached hydrogens (primary N) is 2. The highest BCUT2D eigenvalue weighted by molar-refractivity contribution is 6.04. The summed E-state index contributed by atoms with van der Waals surface area (Å²) in [6, 6.07) is 10.7. The van der Waals surface area contributed by atoms with Crippen molar-refractivity contribution in [2.45, 2.75) is 6.54 Å². The van der Waals surface area contributed by atoms with E-state index < -0.39 is 11.8 Å². The molecule has 0 aliphatic carbocycles. The average Bonchev–Trinajstić information content (AvgIpc) is 3.16. The van der Waals surface area contributed by atoms with Gasteiger partial charge in [-0.05, 0) is 29.8 Å². The van der Waals surface area contributed by atoms with Gasteiger partial charge in [0.05, 0.1) is 11.1 Å². The molecule has 0 fully saturated rings. The molecule has 5 N–H and O–H groups in total. The molecule has 0 spiro atoms. The van der Waals surface area contributed by atoms with Crippen molar-refractivity contribution in [1.29, 1.82) is 0 Å². The first-order chi connectivity index (χ1) is 14.4. The molecule has 30 heavy (non-hydrogen) atoms. The lowest BCUT2D eigenvalue weighted by atomic mass is 10.2. The SMILES string of the molecule is NC(=O)c1nc(NCc2cccc(F)c2)nc(-n2nnc3c(C(N)=O)cccc32)n1. The standard InChI is InChI=1S/C18H14FN9O2/c19-10-4-1-3-9(7-10)8-22-17-23-16(15(21)30)24-18(25-17)28-12-6-2-5-11(14(20)29)13(12)26-27-28/h1-7H,8H2,(H2,20,29)(H2,21,30)(H,22,23,24,25). The molecule has 150 valence electrons. The maximum Gasteiger partial charge on any atom is 0.286 e. The van der Waals surface area contributed by atoms with Gasteiger partial charge in [0.2, 0.25) is 11.8 Å². The molecular formula is C18H14FN9O2. The molecule has 0 unspecified atom stereocenters. The van der Waals surface area contributed by atoms with Crippen LogP contribution in [-0.2, 0) is 6.54 Å². The first kappa shape index (κ1) is 18.9. The average molecular weight is 407 g/mol. The number of hydrogen-bond acceptors (Lipinski definition) is 8. The number of carbonyl (C=O) groups is 2. The molecule has 0 radical (unpaired) electrons. The number of amides is 2. The lowest BCUT2D eigenvalue weighted by molar-refractivity contribution is 0.0986. The quantitative estimate of drug-likeness (QED) is 0.416. The molecule has 0 aliphatic rings. The third kappa shape index (κ3) is 3.61. The summed E-state index contributed by atoms with van der Waals surface area (Å²) in [4.78, 5) is 35.5. The molecule has 0 saturated carbocycles. The highest BCUT2D eigenvalue weighted by atomic mass is 19.1. The van der Waals surface area contributed by atoms with Crippen LogP contribution in [-0.4, -0.2) is 41.8 Å². The third-order valence-electron chi connectivity index (χ3n) is 4.12. The van der Waals surface area contributed by atoms with Gasteiger partial charge < -0.3 is 16.8 Å². The minimum Gasteiger partial charge on any atom is -0.366 e. The number of carbonyl (C=O) groups excluding carboxylic acids is 2. The largest absolute Gasteiger partial charge is 0.366 e. The zero-order valence-electron chi connectivity index (χ0n) is 15.3. The van der Waals surface area contributed by atoms with Crippen molar-refractivity contribution in [2.24, 2.45) is 11.5 Å². The van der Waals surface area contributed by atoms with Crippen LogP contribution < -0.4 is 16.8 Å². The normalized spacial score (nSPS) is 10.8. The lowest BCUT2D eigenvalue weighted by Crippen LogP contribution is -2.20. The number of primary amides is 2. The van der Waals surface area contributed by atoms with E-state index in [4.69, 9.17) is 11.5 Å². The van der Waals surface area contributed by atoms with Crippen molar-refractivity contribution in [3.63, 3.8) is 0 Å². The van der Waals surface area contributed by atoms with Crippen molar-refractivity contribution >= 4 is 28.8 Å². The Bertz CT molecular complexity index is 1290. The fourth-order valence-electron chi connectivity index (χ4n) is 2.77. The van der Waals surface area contributed by atoms with Crippen LogP contribution >= 0.6 is 0 Å². The molecule has 11 nitrogen and oxygen atoms in total. The van der Waals surface area contributed by atoms with Crippen LogP contribution in [0.2, 0.25) is 0 Å². The lowest BCUT2D eigenvalue weighted by Gasteiger charge is -2.08. The van der Waals surface area contributed by atoms with Crippen LogP contribution in [0.3, 0.4) is 0 Å². The van der Waals surface area contributed by atoms with E-state index in [0.717, 1.165) is 0 Å². The molecular weight excluding hydrogens is 393 g/mol. The van der Waals surface area contributed by atoms with Crippen LogP contribution in [0.4, 0.5) is 10.3 Å². The Hall–Kier alpha value is -4.48. The number of anilines is 1. The predicted octanol–water partition coefficient (Wildman–Crippen LogP) is 0.554. The summed E-state index contributed by atoms with van der Waals surface area (Å²) < 4.78 is 14.6. The summed E-state index contributed by atoms with van der Waals surface area (Å²) in [7, 11) is 0. The van der Waals surface area contributed by atoms with Gasteiger partial charge in [0.1, 0.15) is 11.3 Å². The summed E-state index contributed by atoms with van der Waals surface area (Å²) in [6.07, 6.45) is 0.